The second-order valence-corrected chi connectivity index (χ2v) is 5.09. The maximum Gasteiger partial charge on any atom is 0.329 e. The highest BCUT2D eigenvalue weighted by atomic mass is 16.5. The van der Waals surface area contributed by atoms with E-state index in [4.69, 9.17) is 14.6 Å². The molecule has 0 aromatic heterocycles. The van der Waals surface area contributed by atoms with Gasteiger partial charge in [-0.15, -0.1) is 0 Å². The standard InChI is InChI=1S/C15H19NO5/c1-9-5-11-7-13(21-12(11)6-10(9)2)15(19)16-3-4-20-8-14(17)18/h5-6,13H,3-4,7-8H2,1-2H3,(H,16,19)(H,17,18). The highest BCUT2D eigenvalue weighted by Gasteiger charge is 2.29. The highest BCUT2D eigenvalue weighted by Crippen LogP contribution is 2.31. The molecule has 2 N–H and O–H groups in total. The molecule has 2 rings (SSSR count). The first-order valence-electron chi connectivity index (χ1n) is 6.81. The van der Waals surface area contributed by atoms with Crippen LogP contribution in [0.5, 0.6) is 5.75 Å². The molecule has 1 aliphatic rings. The molecule has 0 aliphatic carbocycles. The number of carboxylic acids is 1. The van der Waals surface area contributed by atoms with E-state index < -0.39 is 12.1 Å². The molecule has 1 unspecified atom stereocenters. The van der Waals surface area contributed by atoms with Gasteiger partial charge >= 0.3 is 5.97 Å². The third kappa shape index (κ3) is 3.95. The molecule has 0 bridgehead atoms. The van der Waals surface area contributed by atoms with E-state index in [1.165, 1.54) is 5.56 Å². The van der Waals surface area contributed by atoms with Crippen molar-refractivity contribution in [2.45, 2.75) is 26.4 Å². The van der Waals surface area contributed by atoms with E-state index in [0.717, 1.165) is 16.9 Å². The van der Waals surface area contributed by atoms with Gasteiger partial charge in [-0.25, -0.2) is 4.79 Å². The van der Waals surface area contributed by atoms with Crippen LogP contribution in [0.2, 0.25) is 0 Å². The van der Waals surface area contributed by atoms with Crippen LogP contribution >= 0.6 is 0 Å². The van der Waals surface area contributed by atoms with Crippen LogP contribution in [0.4, 0.5) is 0 Å². The third-order valence-corrected chi connectivity index (χ3v) is 3.41. The SMILES string of the molecule is Cc1cc2c(cc1C)OC(C(=O)NCCOCC(=O)O)C2. The first kappa shape index (κ1) is 15.3. The van der Waals surface area contributed by atoms with Gasteiger partial charge in [0.25, 0.3) is 5.91 Å². The Kier molecular flexibility index (Phi) is 4.80. The van der Waals surface area contributed by atoms with E-state index in [0.29, 0.717) is 6.42 Å². The van der Waals surface area contributed by atoms with Crippen molar-refractivity contribution in [1.29, 1.82) is 0 Å². The topological polar surface area (TPSA) is 84.9 Å². The number of amides is 1. The summed E-state index contributed by atoms with van der Waals surface area (Å²) in [6.07, 6.45) is 0.0267. The number of benzene rings is 1. The number of carbonyl (C=O) groups excluding carboxylic acids is 1. The average Bonchev–Trinajstić information content (AvgIpc) is 2.81. The molecule has 1 aliphatic heterocycles. The normalized spacial score (nSPS) is 16.2. The van der Waals surface area contributed by atoms with Gasteiger partial charge in [-0.2, -0.15) is 0 Å². The Bertz CT molecular complexity index is 524. The largest absolute Gasteiger partial charge is 0.480 e. The maximum absolute atomic E-state index is 12.0. The van der Waals surface area contributed by atoms with Crippen molar-refractivity contribution in [2.75, 3.05) is 19.8 Å². The second-order valence-electron chi connectivity index (χ2n) is 5.09. The molecule has 21 heavy (non-hydrogen) atoms. The Morgan fingerprint density at radius 1 is 1.38 bits per heavy atom. The van der Waals surface area contributed by atoms with E-state index in [1.54, 1.807) is 0 Å². The minimum Gasteiger partial charge on any atom is -0.480 e. The zero-order valence-electron chi connectivity index (χ0n) is 12.1. The maximum atomic E-state index is 12.0. The van der Waals surface area contributed by atoms with Crippen LogP contribution in [0.25, 0.3) is 0 Å². The summed E-state index contributed by atoms with van der Waals surface area (Å²) in [5.74, 6) is -0.470. The summed E-state index contributed by atoms with van der Waals surface area (Å²) in [6, 6.07) is 4.00. The molecule has 6 nitrogen and oxygen atoms in total. The summed E-state index contributed by atoms with van der Waals surface area (Å²) in [5.41, 5.74) is 3.36. The van der Waals surface area contributed by atoms with E-state index in [9.17, 15) is 9.59 Å². The van der Waals surface area contributed by atoms with Gasteiger partial charge in [0, 0.05) is 13.0 Å². The summed E-state index contributed by atoms with van der Waals surface area (Å²) >= 11 is 0. The summed E-state index contributed by atoms with van der Waals surface area (Å²) in [5, 5.41) is 11.1. The van der Waals surface area contributed by atoms with Gasteiger partial charge in [0.1, 0.15) is 12.4 Å². The Morgan fingerprint density at radius 3 is 2.81 bits per heavy atom. The number of rotatable bonds is 6. The number of carbonyl (C=O) groups is 2. The Hall–Kier alpha value is -2.08. The number of aliphatic carboxylic acids is 1. The Labute approximate surface area is 123 Å². The first-order valence-corrected chi connectivity index (χ1v) is 6.81. The van der Waals surface area contributed by atoms with E-state index in [2.05, 4.69) is 5.32 Å². The smallest absolute Gasteiger partial charge is 0.329 e. The molecule has 0 spiro atoms. The lowest BCUT2D eigenvalue weighted by Gasteiger charge is -2.11. The monoisotopic (exact) mass is 293 g/mol. The zero-order valence-corrected chi connectivity index (χ0v) is 12.1. The molecule has 0 saturated heterocycles. The Balaban J connectivity index is 1.79. The molecule has 1 aromatic rings. The second kappa shape index (κ2) is 6.58. The van der Waals surface area contributed by atoms with Crippen LogP contribution in [0.15, 0.2) is 12.1 Å². The van der Waals surface area contributed by atoms with E-state index in [-0.39, 0.29) is 25.7 Å². The third-order valence-electron chi connectivity index (χ3n) is 3.41. The predicted molar refractivity (Wildman–Crippen MR) is 75.5 cm³/mol. The van der Waals surface area contributed by atoms with Crippen molar-refractivity contribution in [2.24, 2.45) is 0 Å². The van der Waals surface area contributed by atoms with Gasteiger partial charge in [-0.05, 0) is 36.6 Å². The summed E-state index contributed by atoms with van der Waals surface area (Å²) < 4.78 is 10.5. The summed E-state index contributed by atoms with van der Waals surface area (Å²) in [7, 11) is 0. The molecule has 1 amide bonds. The number of carboxylic acid groups (broad SMARTS) is 1. The molecular weight excluding hydrogens is 274 g/mol. The zero-order chi connectivity index (χ0) is 15.4. The lowest BCUT2D eigenvalue weighted by molar-refractivity contribution is -0.142. The van der Waals surface area contributed by atoms with Crippen molar-refractivity contribution in [3.8, 4) is 5.75 Å². The molecule has 6 heteroatoms. The minimum atomic E-state index is -1.03. The quantitative estimate of drug-likeness (QED) is 0.759. The molecule has 1 aromatic carbocycles. The fraction of sp³-hybridized carbons (Fsp3) is 0.467. The van der Waals surface area contributed by atoms with Crippen LogP contribution < -0.4 is 10.1 Å². The first-order chi connectivity index (χ1) is 9.97. The molecule has 0 saturated carbocycles. The van der Waals surface area contributed by atoms with Gasteiger partial charge in [-0.1, -0.05) is 6.07 Å². The number of hydrogen-bond donors (Lipinski definition) is 2. The number of aryl methyl sites for hydroxylation is 2. The highest BCUT2D eigenvalue weighted by molar-refractivity contribution is 5.82. The number of hydrogen-bond acceptors (Lipinski definition) is 4. The van der Waals surface area contributed by atoms with E-state index >= 15 is 0 Å². The fourth-order valence-electron chi connectivity index (χ4n) is 2.18. The van der Waals surface area contributed by atoms with E-state index in [1.807, 2.05) is 26.0 Å². The molecule has 114 valence electrons. The molecular formula is C15H19NO5. The molecule has 0 radical (unpaired) electrons. The lowest BCUT2D eigenvalue weighted by atomic mass is 10.0. The van der Waals surface area contributed by atoms with Crippen molar-refractivity contribution in [3.05, 3.63) is 28.8 Å². The van der Waals surface area contributed by atoms with Gasteiger partial charge in [0.15, 0.2) is 6.10 Å². The van der Waals surface area contributed by atoms with Gasteiger partial charge in [0.05, 0.1) is 6.61 Å². The van der Waals surface area contributed by atoms with Crippen molar-refractivity contribution in [1.82, 2.24) is 5.32 Å². The van der Waals surface area contributed by atoms with Gasteiger partial charge < -0.3 is 19.9 Å². The number of ether oxygens (including phenoxy) is 2. The van der Waals surface area contributed by atoms with Crippen LogP contribution in [0, 0.1) is 13.8 Å². The minimum absolute atomic E-state index is 0.163. The van der Waals surface area contributed by atoms with Crippen LogP contribution in [-0.4, -0.2) is 42.8 Å². The lowest BCUT2D eigenvalue weighted by Crippen LogP contribution is -2.39. The number of fused-ring (bicyclic) bond motifs is 1. The van der Waals surface area contributed by atoms with Crippen molar-refractivity contribution < 1.29 is 24.2 Å². The van der Waals surface area contributed by atoms with Crippen molar-refractivity contribution in [3.63, 3.8) is 0 Å². The summed E-state index contributed by atoms with van der Waals surface area (Å²) in [4.78, 5) is 22.2. The van der Waals surface area contributed by atoms with Crippen LogP contribution in [0.1, 0.15) is 16.7 Å². The fourth-order valence-corrected chi connectivity index (χ4v) is 2.18. The molecule has 1 heterocycles. The molecule has 1 atom stereocenters. The predicted octanol–water partition coefficient (Wildman–Crippen LogP) is 0.824. The van der Waals surface area contributed by atoms with Crippen LogP contribution in [-0.2, 0) is 20.7 Å². The average molecular weight is 293 g/mol. The Morgan fingerprint density at radius 2 is 2.10 bits per heavy atom. The van der Waals surface area contributed by atoms with Gasteiger partial charge in [-0.3, -0.25) is 4.79 Å². The molecule has 0 fully saturated rings. The van der Waals surface area contributed by atoms with Crippen molar-refractivity contribution >= 4 is 11.9 Å². The van der Waals surface area contributed by atoms with Crippen LogP contribution in [0.3, 0.4) is 0 Å². The number of nitrogens with one attached hydrogen (secondary N) is 1. The van der Waals surface area contributed by atoms with Gasteiger partial charge in [0.2, 0.25) is 0 Å². The summed E-state index contributed by atoms with van der Waals surface area (Å²) in [6.45, 7) is 4.10.